The zero-order chi connectivity index (χ0) is 22.1. The van der Waals surface area contributed by atoms with Crippen LogP contribution < -0.4 is 0 Å². The van der Waals surface area contributed by atoms with Gasteiger partial charge in [-0.2, -0.15) is 0 Å². The van der Waals surface area contributed by atoms with Crippen LogP contribution >= 0.6 is 0 Å². The number of carbonyl (C=O) groups is 1. The van der Waals surface area contributed by atoms with Crippen LogP contribution in [0.1, 0.15) is 46.5 Å². The van der Waals surface area contributed by atoms with Crippen LogP contribution in [0.5, 0.6) is 5.75 Å². The SMILES string of the molecule is CCOC(=O)c1cncc(Cc2cc(O)ccc2C)c1.CCc1ccc(F)cc1F. The van der Waals surface area contributed by atoms with Crippen molar-refractivity contribution >= 4 is 5.97 Å². The van der Waals surface area contributed by atoms with Gasteiger partial charge in [-0.25, -0.2) is 13.6 Å². The van der Waals surface area contributed by atoms with Gasteiger partial charge in [-0.3, -0.25) is 4.98 Å². The summed E-state index contributed by atoms with van der Waals surface area (Å²) in [7, 11) is 0. The molecule has 158 valence electrons. The molecular formula is C24H25F2NO3. The number of hydrogen-bond donors (Lipinski definition) is 1. The summed E-state index contributed by atoms with van der Waals surface area (Å²) in [6.45, 7) is 5.92. The number of pyridine rings is 1. The highest BCUT2D eigenvalue weighted by molar-refractivity contribution is 5.89. The number of rotatable bonds is 5. The second-order valence-electron chi connectivity index (χ2n) is 6.68. The Bertz CT molecular complexity index is 1010. The molecule has 0 unspecified atom stereocenters. The molecule has 0 amide bonds. The number of aryl methyl sites for hydroxylation is 2. The van der Waals surface area contributed by atoms with Crippen LogP contribution in [0.15, 0.2) is 54.9 Å². The van der Waals surface area contributed by atoms with E-state index in [1.807, 2.05) is 19.9 Å². The number of benzene rings is 2. The Morgan fingerprint density at radius 1 is 1.03 bits per heavy atom. The van der Waals surface area contributed by atoms with E-state index in [0.29, 0.717) is 30.6 Å². The number of phenols is 1. The second-order valence-corrected chi connectivity index (χ2v) is 6.68. The van der Waals surface area contributed by atoms with Crippen molar-refractivity contribution in [2.24, 2.45) is 0 Å². The van der Waals surface area contributed by atoms with Crippen molar-refractivity contribution in [1.29, 1.82) is 0 Å². The zero-order valence-corrected chi connectivity index (χ0v) is 17.3. The van der Waals surface area contributed by atoms with Gasteiger partial charge in [-0.1, -0.05) is 19.1 Å². The van der Waals surface area contributed by atoms with Crippen LogP contribution in [0.2, 0.25) is 0 Å². The Labute approximate surface area is 175 Å². The molecule has 0 saturated carbocycles. The molecule has 1 aromatic heterocycles. The van der Waals surface area contributed by atoms with E-state index in [1.165, 1.54) is 18.3 Å². The van der Waals surface area contributed by atoms with Gasteiger partial charge < -0.3 is 9.84 Å². The summed E-state index contributed by atoms with van der Waals surface area (Å²) in [5.41, 5.74) is 4.00. The molecule has 3 rings (SSSR count). The van der Waals surface area contributed by atoms with E-state index >= 15 is 0 Å². The van der Waals surface area contributed by atoms with Gasteiger partial charge in [0.1, 0.15) is 17.4 Å². The third-order valence-corrected chi connectivity index (χ3v) is 4.43. The first-order valence-electron chi connectivity index (χ1n) is 9.67. The van der Waals surface area contributed by atoms with Gasteiger partial charge in [-0.15, -0.1) is 0 Å². The smallest absolute Gasteiger partial charge is 0.339 e. The summed E-state index contributed by atoms with van der Waals surface area (Å²) < 4.78 is 29.8. The van der Waals surface area contributed by atoms with Crippen molar-refractivity contribution in [1.82, 2.24) is 4.98 Å². The number of aromatic hydroxyl groups is 1. The molecule has 0 bridgehead atoms. The second kappa shape index (κ2) is 11.0. The molecule has 2 aromatic carbocycles. The van der Waals surface area contributed by atoms with Crippen molar-refractivity contribution in [3.05, 3.63) is 94.3 Å². The van der Waals surface area contributed by atoms with Gasteiger partial charge in [0.15, 0.2) is 0 Å². The van der Waals surface area contributed by atoms with Gasteiger partial charge in [0.2, 0.25) is 0 Å². The molecule has 3 aromatic rings. The average molecular weight is 413 g/mol. The van der Waals surface area contributed by atoms with E-state index in [0.717, 1.165) is 22.8 Å². The Kier molecular flexibility index (Phi) is 8.47. The number of nitrogens with zero attached hydrogens (tertiary/aromatic N) is 1. The maximum Gasteiger partial charge on any atom is 0.339 e. The number of ether oxygens (including phenoxy) is 1. The first-order valence-corrected chi connectivity index (χ1v) is 9.67. The molecule has 6 heteroatoms. The van der Waals surface area contributed by atoms with Gasteiger partial charge in [0.05, 0.1) is 12.2 Å². The van der Waals surface area contributed by atoms with E-state index in [2.05, 4.69) is 4.98 Å². The summed E-state index contributed by atoms with van der Waals surface area (Å²) >= 11 is 0. The highest BCUT2D eigenvalue weighted by Gasteiger charge is 2.09. The van der Waals surface area contributed by atoms with Crippen molar-refractivity contribution < 1.29 is 23.4 Å². The number of carbonyl (C=O) groups excluding carboxylic acids is 1. The number of aromatic nitrogens is 1. The zero-order valence-electron chi connectivity index (χ0n) is 17.3. The topological polar surface area (TPSA) is 59.4 Å². The minimum absolute atomic E-state index is 0.236. The molecule has 0 radical (unpaired) electrons. The molecule has 0 atom stereocenters. The van der Waals surface area contributed by atoms with Crippen LogP contribution in [0.4, 0.5) is 8.78 Å². The quantitative estimate of drug-likeness (QED) is 0.570. The predicted octanol–water partition coefficient (Wildman–Crippen LogP) is 5.39. The van der Waals surface area contributed by atoms with Gasteiger partial charge >= 0.3 is 5.97 Å². The first-order chi connectivity index (χ1) is 14.3. The minimum atomic E-state index is -0.519. The maximum absolute atomic E-state index is 12.6. The van der Waals surface area contributed by atoms with Crippen molar-refractivity contribution in [2.75, 3.05) is 6.61 Å². The molecule has 0 aliphatic heterocycles. The molecule has 4 nitrogen and oxygen atoms in total. The van der Waals surface area contributed by atoms with E-state index in [1.54, 1.807) is 31.3 Å². The van der Waals surface area contributed by atoms with Gasteiger partial charge in [0.25, 0.3) is 0 Å². The van der Waals surface area contributed by atoms with Crippen molar-refractivity contribution in [2.45, 2.75) is 33.6 Å². The molecule has 0 saturated heterocycles. The standard InChI is InChI=1S/C16H17NO3.C8H8F2/c1-3-20-16(19)14-7-12(9-17-10-14)6-13-8-15(18)5-4-11(13)2;1-2-6-3-4-7(9)5-8(6)10/h4-5,7-10,18H,3,6H2,1-2H3;3-5H,2H2,1H3. The molecule has 0 spiro atoms. The highest BCUT2D eigenvalue weighted by atomic mass is 19.1. The number of phenolic OH excluding ortho intramolecular Hbond substituents is 1. The molecule has 0 aliphatic rings. The molecule has 1 heterocycles. The maximum atomic E-state index is 12.6. The number of hydrogen-bond acceptors (Lipinski definition) is 4. The Morgan fingerprint density at radius 2 is 1.80 bits per heavy atom. The van der Waals surface area contributed by atoms with Crippen LogP contribution in [-0.4, -0.2) is 22.7 Å². The Balaban J connectivity index is 0.000000269. The molecule has 0 aliphatic carbocycles. The van der Waals surface area contributed by atoms with Gasteiger partial charge in [0, 0.05) is 18.5 Å². The molecule has 0 fully saturated rings. The number of halogens is 2. The van der Waals surface area contributed by atoms with Crippen LogP contribution in [0.3, 0.4) is 0 Å². The Hall–Kier alpha value is -3.28. The van der Waals surface area contributed by atoms with Crippen LogP contribution in [0.25, 0.3) is 0 Å². The molecule has 30 heavy (non-hydrogen) atoms. The summed E-state index contributed by atoms with van der Waals surface area (Å²) in [5.74, 6) is -1.10. The lowest BCUT2D eigenvalue weighted by atomic mass is 10.0. The summed E-state index contributed by atoms with van der Waals surface area (Å²) in [5, 5.41) is 9.54. The van der Waals surface area contributed by atoms with Gasteiger partial charge in [-0.05, 0) is 73.2 Å². The van der Waals surface area contributed by atoms with Crippen LogP contribution in [0, 0.1) is 18.6 Å². The third kappa shape index (κ3) is 6.65. The van der Waals surface area contributed by atoms with Crippen molar-refractivity contribution in [3.8, 4) is 5.75 Å². The summed E-state index contributed by atoms with van der Waals surface area (Å²) in [6.07, 6.45) is 4.43. The number of esters is 1. The van der Waals surface area contributed by atoms with E-state index in [-0.39, 0.29) is 11.7 Å². The largest absolute Gasteiger partial charge is 0.508 e. The minimum Gasteiger partial charge on any atom is -0.508 e. The Morgan fingerprint density at radius 3 is 2.47 bits per heavy atom. The fourth-order valence-electron chi connectivity index (χ4n) is 2.79. The van der Waals surface area contributed by atoms with Crippen molar-refractivity contribution in [3.63, 3.8) is 0 Å². The van der Waals surface area contributed by atoms with Crippen LogP contribution in [-0.2, 0) is 17.6 Å². The molecular weight excluding hydrogens is 388 g/mol. The summed E-state index contributed by atoms with van der Waals surface area (Å²) in [6, 6.07) is 10.7. The van der Waals surface area contributed by atoms with E-state index < -0.39 is 11.6 Å². The normalized spacial score (nSPS) is 10.2. The lowest BCUT2D eigenvalue weighted by molar-refractivity contribution is 0.0525. The first kappa shape index (κ1) is 23.0. The fraction of sp³-hybridized carbons (Fsp3) is 0.250. The highest BCUT2D eigenvalue weighted by Crippen LogP contribution is 2.19. The lowest BCUT2D eigenvalue weighted by Gasteiger charge is -2.08. The predicted molar refractivity (Wildman–Crippen MR) is 112 cm³/mol. The lowest BCUT2D eigenvalue weighted by Crippen LogP contribution is -2.06. The summed E-state index contributed by atoms with van der Waals surface area (Å²) in [4.78, 5) is 15.7. The monoisotopic (exact) mass is 413 g/mol. The molecule has 1 N–H and O–H groups in total. The fourth-order valence-corrected chi connectivity index (χ4v) is 2.79. The average Bonchev–Trinajstić information content (AvgIpc) is 2.72. The third-order valence-electron chi connectivity index (χ3n) is 4.43. The van der Waals surface area contributed by atoms with E-state index in [9.17, 15) is 18.7 Å². The van der Waals surface area contributed by atoms with E-state index in [4.69, 9.17) is 4.74 Å².